The molecule has 0 fully saturated rings. The third kappa shape index (κ3) is 2.77. The minimum Gasteiger partial charge on any atom is -0.477 e. The van der Waals surface area contributed by atoms with Crippen LogP contribution in [0.5, 0.6) is 0 Å². The second-order valence-electron chi connectivity index (χ2n) is 4.49. The lowest BCUT2D eigenvalue weighted by molar-refractivity contribution is 0.0694. The van der Waals surface area contributed by atoms with Crippen LogP contribution in [-0.4, -0.2) is 15.6 Å². The second-order valence-corrected chi connectivity index (χ2v) is 4.49. The van der Waals surface area contributed by atoms with Crippen LogP contribution in [0.25, 0.3) is 0 Å². The van der Waals surface area contributed by atoms with Gasteiger partial charge in [-0.15, -0.1) is 0 Å². The van der Waals surface area contributed by atoms with Gasteiger partial charge in [-0.3, -0.25) is 4.79 Å². The first-order chi connectivity index (χ1) is 9.50. The fraction of sp³-hybridized carbons (Fsp3) is 0.200. The van der Waals surface area contributed by atoms with Crippen LogP contribution >= 0.6 is 0 Å². The highest BCUT2D eigenvalue weighted by atomic mass is 19.1. The second kappa shape index (κ2) is 5.69. The predicted octanol–water partition coefficient (Wildman–Crippen LogP) is 2.24. The summed E-state index contributed by atoms with van der Waals surface area (Å²) in [6, 6.07) is 9.20. The van der Waals surface area contributed by atoms with Crippen molar-refractivity contribution in [3.05, 3.63) is 69.4 Å². The molecular weight excluding hydrogens is 261 g/mol. The Balaban J connectivity index is 2.30. The van der Waals surface area contributed by atoms with Crippen LogP contribution in [0.3, 0.4) is 0 Å². The van der Waals surface area contributed by atoms with Gasteiger partial charge < -0.3 is 9.67 Å². The summed E-state index contributed by atoms with van der Waals surface area (Å²) in [5.41, 5.74) is 0.314. The molecule has 0 radical (unpaired) electrons. The molecule has 20 heavy (non-hydrogen) atoms. The van der Waals surface area contributed by atoms with Gasteiger partial charge in [-0.25, -0.2) is 9.18 Å². The number of hydrogen-bond acceptors (Lipinski definition) is 2. The molecule has 0 bridgehead atoms. The number of rotatable bonds is 4. The normalized spacial score (nSPS) is 10.5. The van der Waals surface area contributed by atoms with Crippen molar-refractivity contribution in [2.45, 2.75) is 19.9 Å². The first-order valence-corrected chi connectivity index (χ1v) is 6.18. The minimum absolute atomic E-state index is 0.243. The van der Waals surface area contributed by atoms with Crippen LogP contribution in [0, 0.1) is 12.7 Å². The van der Waals surface area contributed by atoms with Crippen molar-refractivity contribution in [1.82, 2.24) is 4.57 Å². The lowest BCUT2D eigenvalue weighted by atomic mass is 10.1. The Labute approximate surface area is 115 Å². The fourth-order valence-corrected chi connectivity index (χ4v) is 2.04. The average molecular weight is 275 g/mol. The molecule has 2 aromatic rings. The molecule has 1 aromatic heterocycles. The van der Waals surface area contributed by atoms with E-state index in [0.29, 0.717) is 17.7 Å². The Morgan fingerprint density at radius 3 is 2.60 bits per heavy atom. The summed E-state index contributed by atoms with van der Waals surface area (Å²) in [5.74, 6) is -1.58. The Kier molecular flexibility index (Phi) is 3.98. The van der Waals surface area contributed by atoms with Gasteiger partial charge in [-0.1, -0.05) is 18.2 Å². The number of carbonyl (C=O) groups is 1. The van der Waals surface area contributed by atoms with Crippen molar-refractivity contribution in [2.24, 2.45) is 0 Å². The lowest BCUT2D eigenvalue weighted by Crippen LogP contribution is -2.28. The topological polar surface area (TPSA) is 59.3 Å². The Morgan fingerprint density at radius 1 is 1.25 bits per heavy atom. The Bertz CT molecular complexity index is 707. The summed E-state index contributed by atoms with van der Waals surface area (Å²) in [7, 11) is 0. The van der Waals surface area contributed by atoms with Crippen LogP contribution in [0.2, 0.25) is 0 Å². The van der Waals surface area contributed by atoms with Crippen molar-refractivity contribution in [3.63, 3.8) is 0 Å². The third-order valence-corrected chi connectivity index (χ3v) is 3.19. The van der Waals surface area contributed by atoms with Gasteiger partial charge >= 0.3 is 5.97 Å². The third-order valence-electron chi connectivity index (χ3n) is 3.19. The molecule has 1 heterocycles. The number of aromatic carboxylic acids is 1. The molecule has 104 valence electrons. The quantitative estimate of drug-likeness (QED) is 0.931. The monoisotopic (exact) mass is 275 g/mol. The largest absolute Gasteiger partial charge is 0.477 e. The van der Waals surface area contributed by atoms with Crippen LogP contribution in [-0.2, 0) is 13.0 Å². The van der Waals surface area contributed by atoms with Crippen molar-refractivity contribution in [1.29, 1.82) is 0 Å². The van der Waals surface area contributed by atoms with E-state index in [2.05, 4.69) is 0 Å². The molecule has 0 atom stereocenters. The van der Waals surface area contributed by atoms with Gasteiger partial charge in [0, 0.05) is 12.2 Å². The fourth-order valence-electron chi connectivity index (χ4n) is 2.04. The van der Waals surface area contributed by atoms with Crippen molar-refractivity contribution in [3.8, 4) is 0 Å². The maximum absolute atomic E-state index is 13.5. The highest BCUT2D eigenvalue weighted by Gasteiger charge is 2.12. The van der Waals surface area contributed by atoms with E-state index in [1.165, 1.54) is 16.7 Å². The van der Waals surface area contributed by atoms with E-state index in [4.69, 9.17) is 5.11 Å². The molecule has 0 spiro atoms. The van der Waals surface area contributed by atoms with Crippen molar-refractivity contribution in [2.75, 3.05) is 0 Å². The molecule has 0 aliphatic carbocycles. The molecular formula is C15H14FNO3. The molecule has 5 heteroatoms. The molecule has 0 amide bonds. The first kappa shape index (κ1) is 14.0. The summed E-state index contributed by atoms with van der Waals surface area (Å²) >= 11 is 0. The van der Waals surface area contributed by atoms with Gasteiger partial charge in [0.2, 0.25) is 0 Å². The molecule has 2 rings (SSSR count). The van der Waals surface area contributed by atoms with Gasteiger partial charge in [-0.05, 0) is 37.1 Å². The van der Waals surface area contributed by atoms with Crippen LogP contribution in [0.4, 0.5) is 4.39 Å². The summed E-state index contributed by atoms with van der Waals surface area (Å²) in [6.45, 7) is 1.96. The van der Waals surface area contributed by atoms with Gasteiger partial charge in [-0.2, -0.15) is 0 Å². The summed E-state index contributed by atoms with van der Waals surface area (Å²) in [5, 5.41) is 8.94. The van der Waals surface area contributed by atoms with E-state index in [1.54, 1.807) is 31.2 Å². The molecule has 0 saturated heterocycles. The number of carboxylic acids is 1. The van der Waals surface area contributed by atoms with E-state index in [0.717, 1.165) is 0 Å². The zero-order chi connectivity index (χ0) is 14.7. The summed E-state index contributed by atoms with van der Waals surface area (Å²) < 4.78 is 14.9. The van der Waals surface area contributed by atoms with Gasteiger partial charge in [0.1, 0.15) is 11.4 Å². The van der Waals surface area contributed by atoms with Crippen molar-refractivity contribution >= 4 is 5.97 Å². The minimum atomic E-state index is -1.25. The van der Waals surface area contributed by atoms with E-state index < -0.39 is 11.5 Å². The van der Waals surface area contributed by atoms with Crippen LogP contribution < -0.4 is 5.56 Å². The molecule has 4 nitrogen and oxygen atoms in total. The zero-order valence-electron chi connectivity index (χ0n) is 11.0. The highest BCUT2D eigenvalue weighted by Crippen LogP contribution is 2.09. The molecule has 0 aliphatic heterocycles. The number of nitrogens with zero attached hydrogens (tertiary/aromatic N) is 1. The van der Waals surface area contributed by atoms with Crippen molar-refractivity contribution < 1.29 is 14.3 Å². The predicted molar refractivity (Wildman–Crippen MR) is 72.5 cm³/mol. The molecule has 0 saturated carbocycles. The van der Waals surface area contributed by atoms with E-state index in [-0.39, 0.29) is 17.9 Å². The molecule has 1 N–H and O–H groups in total. The number of benzene rings is 1. The van der Waals surface area contributed by atoms with Crippen LogP contribution in [0.15, 0.2) is 41.2 Å². The zero-order valence-corrected chi connectivity index (χ0v) is 11.0. The smallest absolute Gasteiger partial charge is 0.341 e. The van der Waals surface area contributed by atoms with E-state index in [1.807, 2.05) is 0 Å². The number of hydrogen-bond donors (Lipinski definition) is 1. The van der Waals surface area contributed by atoms with Gasteiger partial charge in [0.25, 0.3) is 5.56 Å². The summed E-state index contributed by atoms with van der Waals surface area (Å²) in [6.07, 6.45) is 0.330. The van der Waals surface area contributed by atoms with Crippen LogP contribution in [0.1, 0.15) is 21.6 Å². The number of pyridine rings is 1. The summed E-state index contributed by atoms with van der Waals surface area (Å²) in [4.78, 5) is 23.0. The maximum atomic E-state index is 13.5. The standard InChI is InChI=1S/C15H14FNO3/c1-10-6-7-12(15(19)20)14(18)17(10)9-8-11-4-2-3-5-13(11)16/h2-7H,8-9H2,1H3,(H,19,20). The first-order valence-electron chi connectivity index (χ1n) is 6.18. The lowest BCUT2D eigenvalue weighted by Gasteiger charge is -2.11. The number of aryl methyl sites for hydroxylation is 2. The number of aromatic nitrogens is 1. The van der Waals surface area contributed by atoms with Gasteiger partial charge in [0.05, 0.1) is 0 Å². The molecule has 0 aliphatic rings. The Hall–Kier alpha value is -2.43. The average Bonchev–Trinajstić information content (AvgIpc) is 2.40. The van der Waals surface area contributed by atoms with Gasteiger partial charge in [0.15, 0.2) is 0 Å². The SMILES string of the molecule is Cc1ccc(C(=O)O)c(=O)n1CCc1ccccc1F. The van der Waals surface area contributed by atoms with E-state index in [9.17, 15) is 14.0 Å². The number of carboxylic acid groups (broad SMARTS) is 1. The Morgan fingerprint density at radius 2 is 1.95 bits per heavy atom. The van der Waals surface area contributed by atoms with E-state index >= 15 is 0 Å². The molecule has 0 unspecified atom stereocenters. The maximum Gasteiger partial charge on any atom is 0.341 e. The molecule has 1 aromatic carbocycles. The number of halogens is 1. The highest BCUT2D eigenvalue weighted by molar-refractivity contribution is 5.87.